The number of para-hydroxylation sites is 2. The summed E-state index contributed by atoms with van der Waals surface area (Å²) in [6.45, 7) is 5.52. The average molecular weight is 266 g/mol. The molecule has 0 bridgehead atoms. The maximum atomic E-state index is 11.7. The summed E-state index contributed by atoms with van der Waals surface area (Å²) in [6, 6.07) is 5.97. The lowest BCUT2D eigenvalue weighted by molar-refractivity contribution is -0.385. The summed E-state index contributed by atoms with van der Waals surface area (Å²) < 4.78 is 5.20. The van der Waals surface area contributed by atoms with Gasteiger partial charge in [-0.15, -0.1) is 0 Å². The zero-order chi connectivity index (χ0) is 14.5. The third-order valence-corrected chi connectivity index (χ3v) is 2.78. The Morgan fingerprint density at radius 3 is 2.63 bits per heavy atom. The van der Waals surface area contributed by atoms with Gasteiger partial charge in [0.15, 0.2) is 12.4 Å². The molecule has 6 heteroatoms. The van der Waals surface area contributed by atoms with Gasteiger partial charge in [-0.2, -0.15) is 0 Å². The first-order valence-electron chi connectivity index (χ1n) is 6.03. The van der Waals surface area contributed by atoms with Crippen molar-refractivity contribution < 1.29 is 14.5 Å². The molecule has 1 rings (SSSR count). The molecule has 104 valence electrons. The number of nitro benzene ring substituents is 1. The highest BCUT2D eigenvalue weighted by Crippen LogP contribution is 2.25. The molecule has 0 saturated heterocycles. The molecule has 6 nitrogen and oxygen atoms in total. The molecule has 0 atom stereocenters. The third kappa shape index (κ3) is 4.57. The zero-order valence-electron chi connectivity index (χ0n) is 11.3. The number of nitrogens with zero attached hydrogens (tertiary/aromatic N) is 1. The van der Waals surface area contributed by atoms with Gasteiger partial charge in [0.25, 0.3) is 5.91 Å². The molecule has 0 heterocycles. The number of ether oxygens (including phenoxy) is 1. The van der Waals surface area contributed by atoms with Crippen LogP contribution in [0.25, 0.3) is 0 Å². The Hall–Kier alpha value is -2.11. The number of benzene rings is 1. The van der Waals surface area contributed by atoms with Crippen molar-refractivity contribution in [3.8, 4) is 5.75 Å². The molecule has 1 amide bonds. The van der Waals surface area contributed by atoms with E-state index in [1.807, 2.05) is 20.8 Å². The van der Waals surface area contributed by atoms with E-state index in [9.17, 15) is 14.9 Å². The van der Waals surface area contributed by atoms with Gasteiger partial charge in [-0.05, 0) is 26.3 Å². The highest BCUT2D eigenvalue weighted by molar-refractivity contribution is 5.78. The minimum absolute atomic E-state index is 0.0944. The van der Waals surface area contributed by atoms with Crippen LogP contribution in [0.4, 0.5) is 5.69 Å². The Bertz CT molecular complexity index is 471. The fourth-order valence-corrected chi connectivity index (χ4v) is 1.38. The number of rotatable bonds is 6. The van der Waals surface area contributed by atoms with Crippen LogP contribution in [0, 0.1) is 10.1 Å². The van der Waals surface area contributed by atoms with E-state index in [0.717, 1.165) is 6.42 Å². The molecule has 0 spiro atoms. The van der Waals surface area contributed by atoms with Crippen LogP contribution in [0.3, 0.4) is 0 Å². The van der Waals surface area contributed by atoms with Crippen molar-refractivity contribution in [2.45, 2.75) is 32.7 Å². The molecule has 0 aliphatic heterocycles. The molecule has 1 aromatic rings. The van der Waals surface area contributed by atoms with Gasteiger partial charge < -0.3 is 10.1 Å². The second-order valence-electron chi connectivity index (χ2n) is 4.80. The minimum atomic E-state index is -0.538. The number of carbonyl (C=O) groups is 1. The zero-order valence-corrected chi connectivity index (χ0v) is 11.3. The predicted octanol–water partition coefficient (Wildman–Crippen LogP) is 2.28. The van der Waals surface area contributed by atoms with Crippen LogP contribution >= 0.6 is 0 Å². The van der Waals surface area contributed by atoms with Gasteiger partial charge in [0.2, 0.25) is 0 Å². The summed E-state index contributed by atoms with van der Waals surface area (Å²) in [4.78, 5) is 21.9. The van der Waals surface area contributed by atoms with Gasteiger partial charge >= 0.3 is 5.69 Å². The second kappa shape index (κ2) is 6.17. The SMILES string of the molecule is CCC(C)(C)NC(=O)COc1ccccc1[N+](=O)[O-]. The van der Waals surface area contributed by atoms with Crippen LogP contribution in [-0.2, 0) is 4.79 Å². The van der Waals surface area contributed by atoms with Crippen molar-refractivity contribution in [2.75, 3.05) is 6.61 Å². The summed E-state index contributed by atoms with van der Waals surface area (Å²) in [5, 5.41) is 13.6. The van der Waals surface area contributed by atoms with Crippen molar-refractivity contribution in [1.29, 1.82) is 0 Å². The van der Waals surface area contributed by atoms with E-state index in [2.05, 4.69) is 5.32 Å². The van der Waals surface area contributed by atoms with Crippen molar-refractivity contribution in [2.24, 2.45) is 0 Å². The maximum Gasteiger partial charge on any atom is 0.310 e. The standard InChI is InChI=1S/C13H18N2O4/c1-4-13(2,3)14-12(16)9-19-11-8-6-5-7-10(11)15(17)18/h5-8H,4,9H2,1-3H3,(H,14,16). The van der Waals surface area contributed by atoms with Crippen molar-refractivity contribution >= 4 is 11.6 Å². The van der Waals surface area contributed by atoms with E-state index in [1.54, 1.807) is 12.1 Å². The molecule has 0 fully saturated rings. The number of amides is 1. The fraction of sp³-hybridized carbons (Fsp3) is 0.462. The molecular weight excluding hydrogens is 248 g/mol. The number of carbonyl (C=O) groups excluding carboxylic acids is 1. The van der Waals surface area contributed by atoms with Crippen LogP contribution < -0.4 is 10.1 Å². The average Bonchev–Trinajstić information content (AvgIpc) is 2.36. The molecule has 0 radical (unpaired) electrons. The van der Waals surface area contributed by atoms with Gasteiger partial charge in [-0.25, -0.2) is 0 Å². The maximum absolute atomic E-state index is 11.7. The topological polar surface area (TPSA) is 81.5 Å². The van der Waals surface area contributed by atoms with Gasteiger partial charge in [0, 0.05) is 11.6 Å². The molecule has 1 N–H and O–H groups in total. The number of hydrogen-bond donors (Lipinski definition) is 1. The van der Waals surface area contributed by atoms with Crippen LogP contribution in [0.15, 0.2) is 24.3 Å². The van der Waals surface area contributed by atoms with E-state index < -0.39 is 4.92 Å². The van der Waals surface area contributed by atoms with Gasteiger partial charge in [0.1, 0.15) is 0 Å². The molecule has 0 saturated carbocycles. The molecule has 0 aliphatic carbocycles. The molecule has 0 aliphatic rings. The smallest absolute Gasteiger partial charge is 0.310 e. The summed E-state index contributed by atoms with van der Waals surface area (Å²) >= 11 is 0. The fourth-order valence-electron chi connectivity index (χ4n) is 1.38. The Kier molecular flexibility index (Phi) is 4.86. The number of hydrogen-bond acceptors (Lipinski definition) is 4. The molecule has 19 heavy (non-hydrogen) atoms. The van der Waals surface area contributed by atoms with E-state index in [-0.39, 0.29) is 29.5 Å². The summed E-state index contributed by atoms with van der Waals surface area (Å²) in [5.74, 6) is -0.207. The van der Waals surface area contributed by atoms with Gasteiger partial charge in [-0.3, -0.25) is 14.9 Å². The molecule has 1 aromatic carbocycles. The van der Waals surface area contributed by atoms with Gasteiger partial charge in [0.05, 0.1) is 4.92 Å². The number of nitrogens with one attached hydrogen (secondary N) is 1. The normalized spacial score (nSPS) is 10.9. The highest BCUT2D eigenvalue weighted by Gasteiger charge is 2.19. The first-order valence-corrected chi connectivity index (χ1v) is 6.03. The Balaban J connectivity index is 2.63. The Morgan fingerprint density at radius 2 is 2.05 bits per heavy atom. The minimum Gasteiger partial charge on any atom is -0.477 e. The van der Waals surface area contributed by atoms with E-state index in [4.69, 9.17) is 4.74 Å². The monoisotopic (exact) mass is 266 g/mol. The Morgan fingerprint density at radius 1 is 1.42 bits per heavy atom. The Labute approximate surface area is 111 Å². The predicted molar refractivity (Wildman–Crippen MR) is 71.1 cm³/mol. The van der Waals surface area contributed by atoms with Crippen LogP contribution in [-0.4, -0.2) is 23.0 Å². The van der Waals surface area contributed by atoms with E-state index in [1.165, 1.54) is 12.1 Å². The second-order valence-corrected chi connectivity index (χ2v) is 4.80. The lowest BCUT2D eigenvalue weighted by Gasteiger charge is -2.24. The largest absolute Gasteiger partial charge is 0.477 e. The van der Waals surface area contributed by atoms with E-state index >= 15 is 0 Å². The first-order chi connectivity index (χ1) is 8.85. The van der Waals surface area contributed by atoms with Crippen molar-refractivity contribution in [3.05, 3.63) is 34.4 Å². The van der Waals surface area contributed by atoms with Crippen LogP contribution in [0.2, 0.25) is 0 Å². The lowest BCUT2D eigenvalue weighted by atomic mass is 10.0. The summed E-state index contributed by atoms with van der Waals surface area (Å²) in [7, 11) is 0. The molecule has 0 aromatic heterocycles. The summed E-state index contributed by atoms with van der Waals surface area (Å²) in [6.07, 6.45) is 0.782. The summed E-state index contributed by atoms with van der Waals surface area (Å²) in [5.41, 5.74) is -0.465. The molecule has 0 unspecified atom stereocenters. The quantitative estimate of drug-likeness (QED) is 0.632. The van der Waals surface area contributed by atoms with Crippen LogP contribution in [0.1, 0.15) is 27.2 Å². The molecular formula is C13H18N2O4. The van der Waals surface area contributed by atoms with Crippen molar-refractivity contribution in [3.63, 3.8) is 0 Å². The van der Waals surface area contributed by atoms with E-state index in [0.29, 0.717) is 0 Å². The third-order valence-electron chi connectivity index (χ3n) is 2.78. The van der Waals surface area contributed by atoms with Crippen molar-refractivity contribution in [1.82, 2.24) is 5.32 Å². The van der Waals surface area contributed by atoms with Crippen LogP contribution in [0.5, 0.6) is 5.75 Å². The number of nitro groups is 1. The lowest BCUT2D eigenvalue weighted by Crippen LogP contribution is -2.44. The first kappa shape index (κ1) is 14.9. The van der Waals surface area contributed by atoms with Gasteiger partial charge in [-0.1, -0.05) is 19.1 Å². The highest BCUT2D eigenvalue weighted by atomic mass is 16.6.